The number of aromatic nitrogens is 3. The third-order valence-corrected chi connectivity index (χ3v) is 8.29. The van der Waals surface area contributed by atoms with Crippen molar-refractivity contribution >= 4 is 23.4 Å². The summed E-state index contributed by atoms with van der Waals surface area (Å²) in [4.78, 5) is 17.8. The Hall–Kier alpha value is -4.40. The van der Waals surface area contributed by atoms with E-state index in [1.165, 1.54) is 22.9 Å². The van der Waals surface area contributed by atoms with Gasteiger partial charge in [0.1, 0.15) is 0 Å². The molecule has 0 saturated carbocycles. The number of piperazine rings is 1. The Labute approximate surface area is 244 Å². The third kappa shape index (κ3) is 6.04. The van der Waals surface area contributed by atoms with Crippen LogP contribution in [0.5, 0.6) is 0 Å². The summed E-state index contributed by atoms with van der Waals surface area (Å²) in [5.74, 6) is 1.10. The number of nitrogens with two attached hydrogens (primary N) is 1. The normalized spacial score (nSPS) is 13.9. The quantitative estimate of drug-likeness (QED) is 0.198. The topological polar surface area (TPSA) is 80.3 Å². The Morgan fingerprint density at radius 3 is 1.98 bits per heavy atom. The van der Waals surface area contributed by atoms with Gasteiger partial charge in [-0.15, -0.1) is 10.2 Å². The summed E-state index contributed by atoms with van der Waals surface area (Å²) >= 11 is 1.42. The zero-order chi connectivity index (χ0) is 28.0. The van der Waals surface area contributed by atoms with Gasteiger partial charge in [-0.25, -0.2) is 0 Å². The van der Waals surface area contributed by atoms with Gasteiger partial charge in [0.15, 0.2) is 11.0 Å². The van der Waals surface area contributed by atoms with E-state index in [2.05, 4.69) is 75.8 Å². The van der Waals surface area contributed by atoms with Crippen LogP contribution in [0, 0.1) is 0 Å². The Balaban J connectivity index is 1.15. The van der Waals surface area contributed by atoms with E-state index in [4.69, 9.17) is 5.73 Å². The zero-order valence-corrected chi connectivity index (χ0v) is 23.5. The van der Waals surface area contributed by atoms with E-state index in [-0.39, 0.29) is 11.9 Å². The van der Waals surface area contributed by atoms with Crippen LogP contribution >= 0.6 is 11.8 Å². The third-order valence-electron chi connectivity index (χ3n) is 7.38. The second kappa shape index (κ2) is 12.4. The maximum atomic E-state index is 13.4. The molecule has 0 unspecified atom stereocenters. The molecule has 2 heterocycles. The number of hydrogen-bond acceptors (Lipinski definition) is 6. The molecule has 6 rings (SSSR count). The standard InChI is InChI=1S/C33H32N6OS/c34-28-16-10-15-27(23-28)32-35-36-33(39(32)29-17-8-3-9-18-29)41-24-30(40)37-19-21-38(22-20-37)31(25-11-4-1-5-12-25)26-13-6-2-7-14-26/h1-18,23,31H,19-22,24,34H2. The summed E-state index contributed by atoms with van der Waals surface area (Å²) in [6, 6.07) is 39.0. The van der Waals surface area contributed by atoms with Crippen LogP contribution in [0.25, 0.3) is 17.1 Å². The second-order valence-corrected chi connectivity index (χ2v) is 11.0. The zero-order valence-electron chi connectivity index (χ0n) is 22.7. The van der Waals surface area contributed by atoms with Gasteiger partial charge in [0, 0.05) is 43.1 Å². The van der Waals surface area contributed by atoms with Crippen LogP contribution in [-0.2, 0) is 4.79 Å². The van der Waals surface area contributed by atoms with Gasteiger partial charge in [0.05, 0.1) is 11.8 Å². The molecule has 1 aliphatic heterocycles. The largest absolute Gasteiger partial charge is 0.399 e. The number of rotatable bonds is 8. The highest BCUT2D eigenvalue weighted by atomic mass is 32.2. The number of carbonyl (C=O) groups is 1. The fourth-order valence-corrected chi connectivity index (χ4v) is 6.22. The fourth-order valence-electron chi connectivity index (χ4n) is 5.37. The van der Waals surface area contributed by atoms with Crippen LogP contribution in [0.4, 0.5) is 5.69 Å². The average molecular weight is 561 g/mol. The lowest BCUT2D eigenvalue weighted by Gasteiger charge is -2.39. The first-order valence-electron chi connectivity index (χ1n) is 13.8. The molecular formula is C33H32N6OS. The van der Waals surface area contributed by atoms with E-state index in [0.717, 1.165) is 24.3 Å². The predicted molar refractivity (Wildman–Crippen MR) is 165 cm³/mol. The Morgan fingerprint density at radius 2 is 1.37 bits per heavy atom. The van der Waals surface area contributed by atoms with Crippen molar-refractivity contribution in [1.29, 1.82) is 0 Å². The van der Waals surface area contributed by atoms with Crippen molar-refractivity contribution in [2.24, 2.45) is 0 Å². The molecule has 0 atom stereocenters. The molecule has 1 aliphatic rings. The van der Waals surface area contributed by atoms with E-state index in [9.17, 15) is 4.79 Å². The summed E-state index contributed by atoms with van der Waals surface area (Å²) in [6.45, 7) is 3.00. The molecule has 206 valence electrons. The van der Waals surface area contributed by atoms with Gasteiger partial charge in [-0.3, -0.25) is 14.3 Å². The first kappa shape index (κ1) is 26.8. The van der Waals surface area contributed by atoms with Gasteiger partial charge < -0.3 is 10.6 Å². The highest BCUT2D eigenvalue weighted by Crippen LogP contribution is 2.31. The molecule has 41 heavy (non-hydrogen) atoms. The Bertz CT molecular complexity index is 1540. The molecule has 1 fully saturated rings. The molecule has 0 spiro atoms. The van der Waals surface area contributed by atoms with E-state index in [1.54, 1.807) is 0 Å². The molecule has 7 nitrogen and oxygen atoms in total. The van der Waals surface area contributed by atoms with Gasteiger partial charge in [-0.2, -0.15) is 0 Å². The molecular weight excluding hydrogens is 528 g/mol. The monoisotopic (exact) mass is 560 g/mol. The minimum Gasteiger partial charge on any atom is -0.399 e. The van der Waals surface area contributed by atoms with Crippen LogP contribution in [0.15, 0.2) is 120 Å². The molecule has 0 bridgehead atoms. The van der Waals surface area contributed by atoms with Gasteiger partial charge in [0.2, 0.25) is 5.91 Å². The van der Waals surface area contributed by atoms with Gasteiger partial charge >= 0.3 is 0 Å². The van der Waals surface area contributed by atoms with E-state index in [1.807, 2.05) is 64.1 Å². The van der Waals surface area contributed by atoms with Crippen LogP contribution in [0.3, 0.4) is 0 Å². The number of anilines is 1. The van der Waals surface area contributed by atoms with Crippen molar-refractivity contribution in [3.05, 3.63) is 126 Å². The predicted octanol–water partition coefficient (Wildman–Crippen LogP) is 5.54. The number of hydrogen-bond donors (Lipinski definition) is 1. The van der Waals surface area contributed by atoms with Crippen LogP contribution in [0.2, 0.25) is 0 Å². The maximum absolute atomic E-state index is 13.4. The first-order chi connectivity index (χ1) is 20.2. The molecule has 1 saturated heterocycles. The highest BCUT2D eigenvalue weighted by molar-refractivity contribution is 7.99. The average Bonchev–Trinajstić information content (AvgIpc) is 3.46. The number of amides is 1. The van der Waals surface area contributed by atoms with Crippen molar-refractivity contribution in [2.75, 3.05) is 37.7 Å². The molecule has 0 aliphatic carbocycles. The van der Waals surface area contributed by atoms with E-state index in [0.29, 0.717) is 35.5 Å². The van der Waals surface area contributed by atoms with Gasteiger partial charge in [-0.05, 0) is 35.4 Å². The van der Waals surface area contributed by atoms with Crippen LogP contribution in [-0.4, -0.2) is 62.4 Å². The van der Waals surface area contributed by atoms with E-state index >= 15 is 0 Å². The van der Waals surface area contributed by atoms with Crippen molar-refractivity contribution in [2.45, 2.75) is 11.2 Å². The van der Waals surface area contributed by atoms with Gasteiger partial charge in [-0.1, -0.05) is 103 Å². The molecule has 2 N–H and O–H groups in total. The number of nitrogen functional groups attached to an aromatic ring is 1. The summed E-state index contributed by atoms with van der Waals surface area (Å²) in [5.41, 5.74) is 11.1. The molecule has 0 radical (unpaired) electrons. The lowest BCUT2D eigenvalue weighted by Crippen LogP contribution is -2.50. The smallest absolute Gasteiger partial charge is 0.233 e. The fraction of sp³-hybridized carbons (Fsp3) is 0.182. The molecule has 1 aromatic heterocycles. The molecule has 8 heteroatoms. The second-order valence-electron chi connectivity index (χ2n) is 10.0. The lowest BCUT2D eigenvalue weighted by atomic mass is 9.96. The van der Waals surface area contributed by atoms with Crippen molar-refractivity contribution in [3.8, 4) is 17.1 Å². The summed E-state index contributed by atoms with van der Waals surface area (Å²) in [5, 5.41) is 9.64. The minimum atomic E-state index is 0.110. The highest BCUT2D eigenvalue weighted by Gasteiger charge is 2.28. The van der Waals surface area contributed by atoms with Crippen molar-refractivity contribution in [3.63, 3.8) is 0 Å². The maximum Gasteiger partial charge on any atom is 0.233 e. The van der Waals surface area contributed by atoms with Crippen LogP contribution < -0.4 is 5.73 Å². The first-order valence-corrected chi connectivity index (χ1v) is 14.8. The van der Waals surface area contributed by atoms with Crippen molar-refractivity contribution in [1.82, 2.24) is 24.6 Å². The molecule has 1 amide bonds. The van der Waals surface area contributed by atoms with Gasteiger partial charge in [0.25, 0.3) is 0 Å². The number of benzene rings is 4. The SMILES string of the molecule is Nc1cccc(-c2nnc(SCC(=O)N3CCN(C(c4ccccc4)c4ccccc4)CC3)n2-c2ccccc2)c1. The van der Waals surface area contributed by atoms with E-state index < -0.39 is 0 Å². The van der Waals surface area contributed by atoms with Crippen LogP contribution in [0.1, 0.15) is 17.2 Å². The summed E-state index contributed by atoms with van der Waals surface area (Å²) in [6.07, 6.45) is 0. The number of nitrogens with zero attached hydrogens (tertiary/aromatic N) is 5. The van der Waals surface area contributed by atoms with Crippen molar-refractivity contribution < 1.29 is 4.79 Å². The number of para-hydroxylation sites is 1. The number of thioether (sulfide) groups is 1. The molecule has 5 aromatic rings. The lowest BCUT2D eigenvalue weighted by molar-refractivity contribution is -0.130. The Kier molecular flexibility index (Phi) is 8.11. The summed E-state index contributed by atoms with van der Waals surface area (Å²) in [7, 11) is 0. The minimum absolute atomic E-state index is 0.110. The Morgan fingerprint density at radius 1 is 0.756 bits per heavy atom. The summed E-state index contributed by atoms with van der Waals surface area (Å²) < 4.78 is 2.00. The molecule has 4 aromatic carbocycles. The number of carbonyl (C=O) groups excluding carboxylic acids is 1.